The van der Waals surface area contributed by atoms with Crippen LogP contribution in [-0.2, 0) is 20.9 Å². The van der Waals surface area contributed by atoms with Gasteiger partial charge in [0.2, 0.25) is 5.91 Å². The molecule has 0 spiro atoms. The first-order valence-electron chi connectivity index (χ1n) is 7.41. The van der Waals surface area contributed by atoms with Gasteiger partial charge in [0.25, 0.3) is 5.69 Å². The number of nitro benzene ring substituents is 1. The summed E-state index contributed by atoms with van der Waals surface area (Å²) in [5.41, 5.74) is 5.83. The van der Waals surface area contributed by atoms with Gasteiger partial charge in [-0.3, -0.25) is 24.6 Å². The van der Waals surface area contributed by atoms with Gasteiger partial charge in [0.05, 0.1) is 4.92 Å². The second kappa shape index (κ2) is 7.97. The Morgan fingerprint density at radius 2 is 2.00 bits per heavy atom. The highest BCUT2D eigenvalue weighted by Gasteiger charge is 2.40. The van der Waals surface area contributed by atoms with Crippen molar-refractivity contribution in [2.75, 3.05) is 6.54 Å². The zero-order valence-corrected chi connectivity index (χ0v) is 14.2. The zero-order chi connectivity index (χ0) is 18.6. The molecule has 1 aromatic carbocycles. The molecule has 1 fully saturated rings. The third kappa shape index (κ3) is 4.92. The summed E-state index contributed by atoms with van der Waals surface area (Å²) in [6, 6.07) is 4.77. The predicted octanol–water partition coefficient (Wildman–Crippen LogP) is 1.44. The number of likely N-dealkylation sites (tertiary alicyclic amines) is 1. The van der Waals surface area contributed by atoms with Crippen molar-refractivity contribution in [3.63, 3.8) is 0 Å². The molecule has 0 bridgehead atoms. The summed E-state index contributed by atoms with van der Waals surface area (Å²) < 4.78 is 5.16. The minimum atomic E-state index is -0.818. The number of ether oxygens (including phenoxy) is 1. The lowest BCUT2D eigenvalue weighted by Gasteiger charge is -2.21. The van der Waals surface area contributed by atoms with Crippen LogP contribution in [0.15, 0.2) is 24.3 Å². The number of nitro groups is 1. The Bertz CT molecular complexity index is 693. The largest absolute Gasteiger partial charge is 0.445 e. The molecule has 25 heavy (non-hydrogen) atoms. The molecule has 2 N–H and O–H groups in total. The molecule has 1 heterocycles. The number of carbonyl (C=O) groups is 3. The molecule has 2 unspecified atom stereocenters. The molecule has 1 aliphatic heterocycles. The fourth-order valence-electron chi connectivity index (χ4n) is 2.53. The van der Waals surface area contributed by atoms with Crippen LogP contribution in [0.2, 0.25) is 0 Å². The Kier molecular flexibility index (Phi) is 5.97. The van der Waals surface area contributed by atoms with E-state index in [1.54, 1.807) is 0 Å². The molecule has 2 amide bonds. The molecule has 10 heteroatoms. The van der Waals surface area contributed by atoms with Gasteiger partial charge in [0, 0.05) is 30.9 Å². The number of hydrogen-bond donors (Lipinski definition) is 1. The Balaban J connectivity index is 1.97. The first-order valence-corrected chi connectivity index (χ1v) is 8.29. The lowest BCUT2D eigenvalue weighted by atomic mass is 10.2. The lowest BCUT2D eigenvalue weighted by molar-refractivity contribution is -0.384. The SMILES string of the molecule is CC(=O)SC1CC(C(N)=O)N(C(=O)OCc2ccc([N+](=O)[O-])cc2)C1. The second-order valence-electron chi connectivity index (χ2n) is 5.52. The highest BCUT2D eigenvalue weighted by Crippen LogP contribution is 2.28. The molecule has 1 aliphatic rings. The van der Waals surface area contributed by atoms with Crippen LogP contribution in [0.25, 0.3) is 0 Å². The predicted molar refractivity (Wildman–Crippen MR) is 89.6 cm³/mol. The van der Waals surface area contributed by atoms with E-state index >= 15 is 0 Å². The fourth-order valence-corrected chi connectivity index (χ4v) is 3.51. The summed E-state index contributed by atoms with van der Waals surface area (Å²) in [7, 11) is 0. The van der Waals surface area contributed by atoms with Crippen molar-refractivity contribution in [1.29, 1.82) is 0 Å². The summed E-state index contributed by atoms with van der Waals surface area (Å²) in [6.45, 7) is 1.51. The molecule has 0 saturated carbocycles. The molecule has 2 rings (SSSR count). The second-order valence-corrected chi connectivity index (χ2v) is 6.99. The number of primary amides is 1. The zero-order valence-electron chi connectivity index (χ0n) is 13.4. The molecule has 134 valence electrons. The van der Waals surface area contributed by atoms with Gasteiger partial charge in [-0.1, -0.05) is 11.8 Å². The molecule has 0 aromatic heterocycles. The van der Waals surface area contributed by atoms with E-state index in [1.807, 2.05) is 0 Å². The molecule has 1 saturated heterocycles. The Hall–Kier alpha value is -2.62. The topological polar surface area (TPSA) is 133 Å². The quantitative estimate of drug-likeness (QED) is 0.615. The van der Waals surface area contributed by atoms with E-state index < -0.39 is 23.0 Å². The van der Waals surface area contributed by atoms with Crippen LogP contribution in [0.5, 0.6) is 0 Å². The van der Waals surface area contributed by atoms with Crippen LogP contribution in [0.4, 0.5) is 10.5 Å². The number of benzene rings is 1. The Labute approximate surface area is 147 Å². The van der Waals surface area contributed by atoms with Crippen molar-refractivity contribution in [3.8, 4) is 0 Å². The van der Waals surface area contributed by atoms with Gasteiger partial charge >= 0.3 is 6.09 Å². The van der Waals surface area contributed by atoms with Gasteiger partial charge in [-0.15, -0.1) is 0 Å². The summed E-state index contributed by atoms with van der Waals surface area (Å²) in [5, 5.41) is 10.3. The van der Waals surface area contributed by atoms with Crippen LogP contribution < -0.4 is 5.73 Å². The monoisotopic (exact) mass is 367 g/mol. The van der Waals surface area contributed by atoms with Gasteiger partial charge in [-0.2, -0.15) is 0 Å². The number of carbonyl (C=O) groups excluding carboxylic acids is 3. The van der Waals surface area contributed by atoms with Crippen molar-refractivity contribution in [3.05, 3.63) is 39.9 Å². The van der Waals surface area contributed by atoms with E-state index in [4.69, 9.17) is 10.5 Å². The summed E-state index contributed by atoms with van der Waals surface area (Å²) in [5.74, 6) is -0.654. The maximum atomic E-state index is 12.2. The van der Waals surface area contributed by atoms with Crippen molar-refractivity contribution >= 4 is 34.6 Å². The molecule has 0 radical (unpaired) electrons. The Morgan fingerprint density at radius 3 is 2.52 bits per heavy atom. The lowest BCUT2D eigenvalue weighted by Crippen LogP contribution is -2.43. The molecular weight excluding hydrogens is 350 g/mol. The molecule has 1 aromatic rings. The molecular formula is C15H17N3O6S. The van der Waals surface area contributed by atoms with E-state index in [0.717, 1.165) is 11.8 Å². The maximum absolute atomic E-state index is 12.2. The number of nitrogens with zero attached hydrogens (tertiary/aromatic N) is 2. The van der Waals surface area contributed by atoms with Crippen LogP contribution in [-0.4, -0.2) is 44.8 Å². The highest BCUT2D eigenvalue weighted by atomic mass is 32.2. The average molecular weight is 367 g/mol. The van der Waals surface area contributed by atoms with Gasteiger partial charge in [0.1, 0.15) is 12.6 Å². The van der Waals surface area contributed by atoms with Crippen LogP contribution >= 0.6 is 11.8 Å². The summed E-state index contributed by atoms with van der Waals surface area (Å²) >= 11 is 1.06. The summed E-state index contributed by atoms with van der Waals surface area (Å²) in [4.78, 5) is 46.3. The highest BCUT2D eigenvalue weighted by molar-refractivity contribution is 8.14. The summed E-state index contributed by atoms with van der Waals surface area (Å²) in [6.07, 6.45) is -0.416. The van der Waals surface area contributed by atoms with E-state index in [0.29, 0.717) is 12.0 Å². The van der Waals surface area contributed by atoms with Crippen LogP contribution in [0.3, 0.4) is 0 Å². The first kappa shape index (κ1) is 18.7. The molecule has 9 nitrogen and oxygen atoms in total. The van der Waals surface area contributed by atoms with Crippen molar-refractivity contribution in [1.82, 2.24) is 4.90 Å². The van der Waals surface area contributed by atoms with Gasteiger partial charge < -0.3 is 10.5 Å². The average Bonchev–Trinajstić information content (AvgIpc) is 2.96. The van der Waals surface area contributed by atoms with Crippen molar-refractivity contribution in [2.24, 2.45) is 5.73 Å². The van der Waals surface area contributed by atoms with E-state index in [9.17, 15) is 24.5 Å². The van der Waals surface area contributed by atoms with Crippen molar-refractivity contribution < 1.29 is 24.0 Å². The minimum absolute atomic E-state index is 0.0625. The van der Waals surface area contributed by atoms with E-state index in [1.165, 1.54) is 36.1 Å². The number of non-ortho nitro benzene ring substituents is 1. The van der Waals surface area contributed by atoms with Crippen LogP contribution in [0.1, 0.15) is 18.9 Å². The van der Waals surface area contributed by atoms with Gasteiger partial charge in [-0.25, -0.2) is 4.79 Å². The number of rotatable bonds is 5. The number of hydrogen-bond acceptors (Lipinski definition) is 7. The molecule has 2 atom stereocenters. The normalized spacial score (nSPS) is 19.5. The Morgan fingerprint density at radius 1 is 1.36 bits per heavy atom. The number of nitrogens with two attached hydrogens (primary N) is 1. The van der Waals surface area contributed by atoms with Gasteiger partial charge in [0.15, 0.2) is 5.12 Å². The smallest absolute Gasteiger partial charge is 0.410 e. The number of amides is 2. The number of thioether (sulfide) groups is 1. The third-order valence-electron chi connectivity index (χ3n) is 3.67. The fraction of sp³-hybridized carbons (Fsp3) is 0.400. The minimum Gasteiger partial charge on any atom is -0.445 e. The maximum Gasteiger partial charge on any atom is 0.410 e. The molecule has 0 aliphatic carbocycles. The van der Waals surface area contributed by atoms with Crippen LogP contribution in [0, 0.1) is 10.1 Å². The first-order chi connectivity index (χ1) is 11.8. The van der Waals surface area contributed by atoms with E-state index in [-0.39, 0.29) is 29.2 Å². The van der Waals surface area contributed by atoms with Gasteiger partial charge in [-0.05, 0) is 24.1 Å². The van der Waals surface area contributed by atoms with Crippen molar-refractivity contribution in [2.45, 2.75) is 31.2 Å². The third-order valence-corrected chi connectivity index (χ3v) is 4.67. The standard InChI is InChI=1S/C15H17N3O6S/c1-9(19)25-12-6-13(14(16)20)17(7-12)15(21)24-8-10-2-4-11(5-3-10)18(22)23/h2-5,12-13H,6-8H2,1H3,(H2,16,20). The van der Waals surface area contributed by atoms with E-state index in [2.05, 4.69) is 0 Å².